The molecule has 0 amide bonds. The second-order valence-electron chi connectivity index (χ2n) is 8.18. The molecule has 1 aromatic rings. The van der Waals surface area contributed by atoms with Gasteiger partial charge in [-0.2, -0.15) is 4.21 Å². The minimum absolute atomic E-state index is 0. The molecule has 0 spiro atoms. The molecule has 5 N–H and O–H groups in total. The van der Waals surface area contributed by atoms with Gasteiger partial charge in [-0.05, 0) is 13.8 Å². The fourth-order valence-electron chi connectivity index (χ4n) is 3.26. The molecule has 226 valence electrons. The van der Waals surface area contributed by atoms with Crippen molar-refractivity contribution in [1.29, 1.82) is 0 Å². The maximum Gasteiger partial charge on any atom is 1.00 e. The van der Waals surface area contributed by atoms with Crippen LogP contribution in [0.25, 0.3) is 0 Å². The van der Waals surface area contributed by atoms with Crippen LogP contribution in [-0.2, 0) is 39.9 Å². The number of aliphatic imine (C=N–C) groups is 4. The molecule has 5 rings (SSSR count). The zero-order chi connectivity index (χ0) is 28.2. The molecule has 14 heteroatoms. The molecule has 0 aromatic heterocycles. The number of halogens is 1. The van der Waals surface area contributed by atoms with Crippen molar-refractivity contribution in [3.05, 3.63) is 84.5 Å². The third-order valence-corrected chi connectivity index (χ3v) is 5.95. The Bertz CT molecular complexity index is 1190. The number of aryl methyl sites for hydroxylation is 2. The second kappa shape index (κ2) is 30.0. The van der Waals surface area contributed by atoms with Gasteiger partial charge in [-0.1, -0.05) is 73.5 Å². The summed E-state index contributed by atoms with van der Waals surface area (Å²) in [5, 5.41) is 0. The predicted octanol–water partition coefficient (Wildman–Crippen LogP) is 2.32. The second-order valence-corrected chi connectivity index (χ2v) is 10.5. The van der Waals surface area contributed by atoms with Crippen molar-refractivity contribution >= 4 is 89.7 Å². The van der Waals surface area contributed by atoms with Crippen molar-refractivity contribution in [2.75, 3.05) is 0 Å². The summed E-state index contributed by atoms with van der Waals surface area (Å²) in [6.45, 7) is 8.49. The number of rotatable bonds is 3. The van der Waals surface area contributed by atoms with Crippen LogP contribution >= 0.6 is 24.0 Å². The van der Waals surface area contributed by atoms with Crippen LogP contribution in [0.2, 0.25) is 0 Å². The van der Waals surface area contributed by atoms with Crippen LogP contribution in [0.3, 0.4) is 0 Å². The van der Waals surface area contributed by atoms with Gasteiger partial charge in [0.25, 0.3) is 0 Å². The van der Waals surface area contributed by atoms with Crippen molar-refractivity contribution < 1.29 is 72.1 Å². The van der Waals surface area contributed by atoms with E-state index in [0.717, 1.165) is 44.6 Å². The molecule has 9 nitrogen and oxygen atoms in total. The zero-order valence-electron chi connectivity index (χ0n) is 25.5. The Labute approximate surface area is 320 Å². The van der Waals surface area contributed by atoms with E-state index >= 15 is 0 Å². The summed E-state index contributed by atoms with van der Waals surface area (Å²) in [5.74, 6) is 0.872. The zero-order valence-corrected chi connectivity index (χ0v) is 32.4. The third kappa shape index (κ3) is 20.0. The average Bonchev–Trinajstić information content (AvgIpc) is 3.75. The Balaban J connectivity index is -0.000000144. The van der Waals surface area contributed by atoms with Gasteiger partial charge in [0.1, 0.15) is 0 Å². The molecule has 0 saturated carbocycles. The van der Waals surface area contributed by atoms with Gasteiger partial charge in [0, 0.05) is 69.5 Å². The number of carbonyl (C=O) groups is 2. The van der Waals surface area contributed by atoms with E-state index < -0.39 is 0 Å². The number of benzene rings is 1. The van der Waals surface area contributed by atoms with Gasteiger partial charge in [0.2, 0.25) is 0 Å². The maximum absolute atomic E-state index is 9.07. The first-order valence-corrected chi connectivity index (χ1v) is 14.8. The first-order chi connectivity index (χ1) is 18.4. The van der Waals surface area contributed by atoms with Gasteiger partial charge in [-0.15, -0.1) is 24.0 Å². The molecule has 42 heavy (non-hydrogen) atoms. The molecule has 0 bridgehead atoms. The Morgan fingerprint density at radius 2 is 1.12 bits per heavy atom. The van der Waals surface area contributed by atoms with Crippen LogP contribution < -0.4 is 57.5 Å². The van der Waals surface area contributed by atoms with E-state index in [0.29, 0.717) is 22.1 Å². The van der Waals surface area contributed by atoms with Gasteiger partial charge < -0.3 is 13.1 Å². The third-order valence-electron chi connectivity index (χ3n) is 5.23. The van der Waals surface area contributed by atoms with Crippen LogP contribution in [0.1, 0.15) is 39.2 Å². The fraction of sp³-hybridized carbons (Fsp3) is 0.286. The number of nitrogens with zero attached hydrogens (tertiary/aromatic N) is 4. The molecule has 4 heterocycles. The minimum atomic E-state index is 0. The van der Waals surface area contributed by atoms with Crippen LogP contribution in [0.15, 0.2) is 93.3 Å². The summed E-state index contributed by atoms with van der Waals surface area (Å²) in [4.78, 5) is 34.6. The molecule has 0 aliphatic carbocycles. The van der Waals surface area contributed by atoms with Crippen molar-refractivity contribution in [3.63, 3.8) is 0 Å². The van der Waals surface area contributed by atoms with E-state index in [9.17, 15) is 0 Å². The number of aldehydes is 2. The van der Waals surface area contributed by atoms with E-state index in [1.54, 1.807) is 0 Å². The van der Waals surface area contributed by atoms with E-state index in [2.05, 4.69) is 107 Å². The predicted molar refractivity (Wildman–Crippen MR) is 190 cm³/mol. The van der Waals surface area contributed by atoms with Gasteiger partial charge in [-0.25, -0.2) is 0 Å². The Kier molecular flexibility index (Phi) is 34.2. The fourth-order valence-corrected chi connectivity index (χ4v) is 3.26. The Morgan fingerprint density at radius 1 is 0.786 bits per heavy atom. The first kappa shape index (κ1) is 47.9. The SMILES string of the molecule is C1=CN=C(C2=NC=CC2)C1.CC1C=CN=C1C1=NC=CC1C.Cc1ccc(C)cc1.I.N.O.O=CC=O.O=S=S=S.[H-].[K+]. The Hall–Kier alpha value is -1.05. The molecule has 0 radical (unpaired) electrons. The molecule has 0 saturated heterocycles. The number of allylic oxidation sites excluding steroid dienone is 4. The monoisotopic (exact) mass is 771 g/mol. The van der Waals surface area contributed by atoms with Crippen molar-refractivity contribution in [3.8, 4) is 0 Å². The van der Waals surface area contributed by atoms with E-state index in [1.807, 2.05) is 24.8 Å². The van der Waals surface area contributed by atoms with Gasteiger partial charge >= 0.3 is 51.4 Å². The maximum atomic E-state index is 9.07. The van der Waals surface area contributed by atoms with Crippen molar-refractivity contribution in [2.24, 2.45) is 31.8 Å². The first-order valence-electron chi connectivity index (χ1n) is 11.8. The van der Waals surface area contributed by atoms with Gasteiger partial charge in [-0.3, -0.25) is 29.6 Å². The topological polar surface area (TPSA) is 167 Å². The summed E-state index contributed by atoms with van der Waals surface area (Å²) in [7, 11) is 1.14. The van der Waals surface area contributed by atoms with Crippen LogP contribution in [0.5, 0.6) is 0 Å². The quantitative estimate of drug-likeness (QED) is 0.215. The normalized spacial score (nSPS) is 17.1. The molecular weight excluding hydrogens is 733 g/mol. The van der Waals surface area contributed by atoms with Crippen molar-refractivity contribution in [1.82, 2.24) is 6.15 Å². The Morgan fingerprint density at radius 3 is 1.31 bits per heavy atom. The number of hydrogen-bond donors (Lipinski definition) is 1. The summed E-state index contributed by atoms with van der Waals surface area (Å²) >= 11 is 4.12. The van der Waals surface area contributed by atoms with Gasteiger partial charge in [0.15, 0.2) is 22.8 Å². The van der Waals surface area contributed by atoms with E-state index in [4.69, 9.17) is 13.8 Å². The molecule has 1 aromatic carbocycles. The van der Waals surface area contributed by atoms with Crippen LogP contribution in [-0.4, -0.2) is 45.1 Å². The molecular formula is C28H39IKN5O4S3. The van der Waals surface area contributed by atoms with Crippen molar-refractivity contribution in [2.45, 2.75) is 40.5 Å². The summed E-state index contributed by atoms with van der Waals surface area (Å²) in [6, 6.07) is 8.48. The summed E-state index contributed by atoms with van der Waals surface area (Å²) in [6.07, 6.45) is 18.0. The van der Waals surface area contributed by atoms with Crippen LogP contribution in [0.4, 0.5) is 0 Å². The summed E-state index contributed by atoms with van der Waals surface area (Å²) in [5.41, 5.74) is 7.18. The molecule has 4 aliphatic rings. The average molecular weight is 772 g/mol. The largest absolute Gasteiger partial charge is 1.00 e. The smallest absolute Gasteiger partial charge is 1.00 e. The number of hydrogen-bond acceptors (Lipinski definition) is 9. The van der Waals surface area contributed by atoms with E-state index in [1.165, 1.54) is 11.1 Å². The van der Waals surface area contributed by atoms with Gasteiger partial charge in [0.05, 0.1) is 22.8 Å². The van der Waals surface area contributed by atoms with Crippen LogP contribution in [0, 0.1) is 25.7 Å². The number of carbonyl (C=O) groups excluding carboxylic acids is 2. The molecule has 4 aliphatic heterocycles. The van der Waals surface area contributed by atoms with E-state index in [-0.39, 0.29) is 101 Å². The molecule has 0 fully saturated rings. The molecule has 2 atom stereocenters. The molecule has 2 unspecified atom stereocenters. The standard InChI is InChI=1S/C10H12N2.C8H8N2.C8H10.C2H2O2.HI.K.H3N.OS3.H2O.H/c1-7-3-5-11-9(7)10-8(2)4-6-12-10;1-3-7(9-5-1)8-4-2-6-10-8;1-7-3-5-8(2)6-4-7;3-1-2-4;;;;1-3-4-2;;/h3-8H,1-2H3;1-2,5-6H,3-4H2;3-6H,1-2H3;1-2H;1H;;1H3;;1H2;/q;;;;;+1;;;;-1. The minimum Gasteiger partial charge on any atom is -1.00 e. The summed E-state index contributed by atoms with van der Waals surface area (Å²) < 4.78 is 9.07.